The first-order valence-electron chi connectivity index (χ1n) is 9.64. The van der Waals surface area contributed by atoms with Gasteiger partial charge in [-0.1, -0.05) is 18.2 Å². The van der Waals surface area contributed by atoms with Crippen LogP contribution in [0.4, 0.5) is 4.39 Å². The fourth-order valence-corrected chi connectivity index (χ4v) is 4.00. The van der Waals surface area contributed by atoms with Gasteiger partial charge in [0.05, 0.1) is 6.42 Å². The van der Waals surface area contributed by atoms with Gasteiger partial charge >= 0.3 is 0 Å². The van der Waals surface area contributed by atoms with E-state index in [0.717, 1.165) is 50.4 Å². The molecule has 27 heavy (non-hydrogen) atoms. The molecule has 0 unspecified atom stereocenters. The normalized spacial score (nSPS) is 20.4. The number of likely N-dealkylation sites (N-methyl/N-ethyl adjacent to an activating group) is 1. The summed E-state index contributed by atoms with van der Waals surface area (Å²) in [7, 11) is 2.11. The summed E-state index contributed by atoms with van der Waals surface area (Å²) in [4.78, 5) is 26.2. The molecule has 0 N–H and O–H groups in total. The Morgan fingerprint density at radius 1 is 1.30 bits per heavy atom. The van der Waals surface area contributed by atoms with Crippen molar-refractivity contribution in [1.82, 2.24) is 19.8 Å². The van der Waals surface area contributed by atoms with Crippen LogP contribution >= 0.6 is 0 Å². The lowest BCUT2D eigenvalue weighted by atomic mass is 9.96. The predicted octanol–water partition coefficient (Wildman–Crippen LogP) is 2.55. The average Bonchev–Trinajstić information content (AvgIpc) is 2.69. The third-order valence-corrected chi connectivity index (χ3v) is 5.58. The molecule has 0 bridgehead atoms. The van der Waals surface area contributed by atoms with Gasteiger partial charge in [0.2, 0.25) is 5.91 Å². The van der Waals surface area contributed by atoms with Crippen LogP contribution in [0, 0.1) is 5.82 Å². The molecular weight excluding hydrogens is 343 g/mol. The van der Waals surface area contributed by atoms with Crippen molar-refractivity contribution in [2.24, 2.45) is 0 Å². The molecule has 3 heterocycles. The summed E-state index contributed by atoms with van der Waals surface area (Å²) in [6.45, 7) is 3.25. The Morgan fingerprint density at radius 3 is 3.00 bits per heavy atom. The van der Waals surface area contributed by atoms with E-state index < -0.39 is 0 Å². The van der Waals surface area contributed by atoms with Crippen molar-refractivity contribution >= 4 is 5.91 Å². The molecule has 2 aliphatic heterocycles. The molecule has 6 heteroatoms. The van der Waals surface area contributed by atoms with E-state index in [1.165, 1.54) is 11.6 Å². The first kappa shape index (κ1) is 18.0. The Morgan fingerprint density at radius 2 is 2.15 bits per heavy atom. The van der Waals surface area contributed by atoms with Crippen molar-refractivity contribution < 1.29 is 9.18 Å². The topological polar surface area (TPSA) is 49.3 Å². The molecule has 1 amide bonds. The summed E-state index contributed by atoms with van der Waals surface area (Å²) in [5, 5.41) is 0. The number of hydrogen-bond acceptors (Lipinski definition) is 4. The van der Waals surface area contributed by atoms with E-state index in [2.05, 4.69) is 16.9 Å². The standard InChI is InChI=1S/C21H25FN4O/c1-25-10-8-19-17(13-25)12-23-21(24-19)16-6-4-9-26(14-16)20(27)11-15-5-2-3-7-18(15)22/h2-3,5,7,12,16H,4,6,8-11,13-14H2,1H3/t16-/m0/s1. The van der Waals surface area contributed by atoms with E-state index in [-0.39, 0.29) is 24.1 Å². The third kappa shape index (κ3) is 4.00. The summed E-state index contributed by atoms with van der Waals surface area (Å²) < 4.78 is 13.9. The fourth-order valence-electron chi connectivity index (χ4n) is 4.00. The molecule has 0 aliphatic carbocycles. The minimum atomic E-state index is -0.317. The monoisotopic (exact) mass is 368 g/mol. The second-order valence-corrected chi connectivity index (χ2v) is 7.64. The van der Waals surface area contributed by atoms with Crippen LogP contribution in [-0.4, -0.2) is 52.4 Å². The molecule has 2 aliphatic rings. The Bertz CT molecular complexity index is 841. The maximum absolute atomic E-state index is 13.9. The van der Waals surface area contributed by atoms with Crippen LogP contribution in [0.5, 0.6) is 0 Å². The Hall–Kier alpha value is -2.34. The predicted molar refractivity (Wildman–Crippen MR) is 101 cm³/mol. The number of halogens is 1. The fraction of sp³-hybridized carbons (Fsp3) is 0.476. The first-order chi connectivity index (χ1) is 13.1. The molecular formula is C21H25FN4O. The lowest BCUT2D eigenvalue weighted by molar-refractivity contribution is -0.131. The minimum Gasteiger partial charge on any atom is -0.342 e. The number of likely N-dealkylation sites (tertiary alicyclic amines) is 1. The van der Waals surface area contributed by atoms with Crippen molar-refractivity contribution in [1.29, 1.82) is 0 Å². The van der Waals surface area contributed by atoms with Crippen LogP contribution in [0.3, 0.4) is 0 Å². The molecule has 1 fully saturated rings. The zero-order chi connectivity index (χ0) is 18.8. The number of hydrogen-bond donors (Lipinski definition) is 0. The summed E-state index contributed by atoms with van der Waals surface area (Å²) >= 11 is 0. The number of carbonyl (C=O) groups excluding carboxylic acids is 1. The highest BCUT2D eigenvalue weighted by Gasteiger charge is 2.28. The SMILES string of the molecule is CN1CCc2nc([C@H]3CCCN(C(=O)Cc4ccccc4F)C3)ncc2C1. The smallest absolute Gasteiger partial charge is 0.227 e. The Labute approximate surface area is 159 Å². The maximum atomic E-state index is 13.9. The molecule has 0 spiro atoms. The molecule has 142 valence electrons. The Balaban J connectivity index is 1.45. The molecule has 2 aromatic rings. The lowest BCUT2D eigenvalue weighted by Gasteiger charge is -2.33. The van der Waals surface area contributed by atoms with Gasteiger partial charge in [0.1, 0.15) is 11.6 Å². The van der Waals surface area contributed by atoms with E-state index in [1.54, 1.807) is 18.2 Å². The molecule has 1 saturated heterocycles. The second-order valence-electron chi connectivity index (χ2n) is 7.64. The second kappa shape index (κ2) is 7.72. The van der Waals surface area contributed by atoms with Gasteiger partial charge < -0.3 is 9.80 Å². The number of benzene rings is 1. The van der Waals surface area contributed by atoms with Crippen LogP contribution in [0.25, 0.3) is 0 Å². The summed E-state index contributed by atoms with van der Waals surface area (Å²) in [5.74, 6) is 0.668. The summed E-state index contributed by atoms with van der Waals surface area (Å²) in [6.07, 6.45) is 4.92. The van der Waals surface area contributed by atoms with Crippen LogP contribution in [0.2, 0.25) is 0 Å². The minimum absolute atomic E-state index is 0.0237. The molecule has 1 atom stereocenters. The van der Waals surface area contributed by atoms with E-state index in [1.807, 2.05) is 11.1 Å². The number of fused-ring (bicyclic) bond motifs is 1. The van der Waals surface area contributed by atoms with Gasteiger partial charge in [0.25, 0.3) is 0 Å². The van der Waals surface area contributed by atoms with Crippen LogP contribution in [-0.2, 0) is 24.2 Å². The van der Waals surface area contributed by atoms with Gasteiger partial charge in [-0.25, -0.2) is 14.4 Å². The zero-order valence-corrected chi connectivity index (χ0v) is 15.7. The van der Waals surface area contributed by atoms with Gasteiger partial charge in [-0.15, -0.1) is 0 Å². The number of nitrogens with zero attached hydrogens (tertiary/aromatic N) is 4. The number of rotatable bonds is 3. The molecule has 4 rings (SSSR count). The number of aromatic nitrogens is 2. The van der Waals surface area contributed by atoms with Gasteiger partial charge in [0.15, 0.2) is 0 Å². The first-order valence-corrected chi connectivity index (χ1v) is 9.64. The number of carbonyl (C=O) groups is 1. The van der Waals surface area contributed by atoms with E-state index in [0.29, 0.717) is 12.1 Å². The van der Waals surface area contributed by atoms with Crippen molar-refractivity contribution in [3.63, 3.8) is 0 Å². The number of piperidine rings is 1. The maximum Gasteiger partial charge on any atom is 0.227 e. The van der Waals surface area contributed by atoms with Crippen molar-refractivity contribution in [3.05, 3.63) is 58.9 Å². The highest BCUT2D eigenvalue weighted by molar-refractivity contribution is 5.79. The molecule has 1 aromatic heterocycles. The quantitative estimate of drug-likeness (QED) is 0.836. The van der Waals surface area contributed by atoms with Gasteiger partial charge in [-0.3, -0.25) is 4.79 Å². The van der Waals surface area contributed by atoms with Crippen LogP contribution < -0.4 is 0 Å². The molecule has 0 radical (unpaired) electrons. The van der Waals surface area contributed by atoms with Gasteiger partial charge in [-0.2, -0.15) is 0 Å². The van der Waals surface area contributed by atoms with Gasteiger partial charge in [-0.05, 0) is 31.5 Å². The van der Waals surface area contributed by atoms with E-state index in [4.69, 9.17) is 4.98 Å². The van der Waals surface area contributed by atoms with Crippen molar-refractivity contribution in [3.8, 4) is 0 Å². The highest BCUT2D eigenvalue weighted by atomic mass is 19.1. The molecule has 5 nitrogen and oxygen atoms in total. The third-order valence-electron chi connectivity index (χ3n) is 5.58. The van der Waals surface area contributed by atoms with E-state index >= 15 is 0 Å². The van der Waals surface area contributed by atoms with Crippen molar-refractivity contribution in [2.45, 2.75) is 38.1 Å². The molecule has 0 saturated carbocycles. The van der Waals surface area contributed by atoms with Gasteiger partial charge in [0, 0.05) is 56.0 Å². The zero-order valence-electron chi connectivity index (χ0n) is 15.7. The van der Waals surface area contributed by atoms with E-state index in [9.17, 15) is 9.18 Å². The molecule has 1 aromatic carbocycles. The van der Waals surface area contributed by atoms with Crippen molar-refractivity contribution in [2.75, 3.05) is 26.7 Å². The summed E-state index contributed by atoms with van der Waals surface area (Å²) in [6, 6.07) is 6.49. The highest BCUT2D eigenvalue weighted by Crippen LogP contribution is 2.26. The lowest BCUT2D eigenvalue weighted by Crippen LogP contribution is -2.40. The van der Waals surface area contributed by atoms with Crippen LogP contribution in [0.15, 0.2) is 30.5 Å². The summed E-state index contributed by atoms with van der Waals surface area (Å²) in [5.41, 5.74) is 2.81. The largest absolute Gasteiger partial charge is 0.342 e. The Kier molecular flexibility index (Phi) is 5.16. The van der Waals surface area contributed by atoms with Crippen LogP contribution in [0.1, 0.15) is 41.4 Å². The number of amides is 1. The average molecular weight is 368 g/mol.